The summed E-state index contributed by atoms with van der Waals surface area (Å²) in [6.45, 7) is 6.21. The zero-order valence-electron chi connectivity index (χ0n) is 14.8. The third kappa shape index (κ3) is 4.34. The molecule has 3 heteroatoms. The maximum absolute atomic E-state index is 2.68. The molecule has 0 N–H and O–H groups in total. The van der Waals surface area contributed by atoms with Crippen molar-refractivity contribution in [2.75, 3.05) is 37.6 Å². The van der Waals surface area contributed by atoms with Crippen molar-refractivity contribution in [2.45, 2.75) is 44.9 Å². The van der Waals surface area contributed by atoms with Crippen molar-refractivity contribution in [3.05, 3.63) is 35.9 Å². The van der Waals surface area contributed by atoms with Crippen LogP contribution < -0.4 is 4.90 Å². The zero-order chi connectivity index (χ0) is 15.5. The quantitative estimate of drug-likeness (QED) is 0.758. The van der Waals surface area contributed by atoms with E-state index in [1.165, 1.54) is 88.9 Å². The van der Waals surface area contributed by atoms with Gasteiger partial charge in [-0.15, -0.1) is 12.4 Å². The lowest BCUT2D eigenvalue weighted by molar-refractivity contribution is 0.248. The highest BCUT2D eigenvalue weighted by Crippen LogP contribution is 2.34. The van der Waals surface area contributed by atoms with E-state index < -0.39 is 0 Å². The molecule has 0 aromatic heterocycles. The molecule has 2 nitrogen and oxygen atoms in total. The van der Waals surface area contributed by atoms with Crippen molar-refractivity contribution in [2.24, 2.45) is 5.92 Å². The molecule has 0 spiro atoms. The molecule has 4 rings (SSSR count). The van der Waals surface area contributed by atoms with Gasteiger partial charge in [-0.25, -0.2) is 0 Å². The van der Waals surface area contributed by atoms with Gasteiger partial charge in [0.15, 0.2) is 0 Å². The second-order valence-corrected chi connectivity index (χ2v) is 7.58. The number of hydrogen-bond donors (Lipinski definition) is 0. The number of piperazine rings is 1. The van der Waals surface area contributed by atoms with E-state index in [1.807, 2.05) is 0 Å². The van der Waals surface area contributed by atoms with Crippen LogP contribution in [0.25, 0.3) is 5.57 Å². The molecule has 1 saturated heterocycles. The number of halogens is 1. The number of anilines is 1. The van der Waals surface area contributed by atoms with Gasteiger partial charge in [0.05, 0.1) is 0 Å². The Hall–Kier alpha value is -0.990. The normalized spacial score (nSPS) is 22.5. The van der Waals surface area contributed by atoms with Gasteiger partial charge in [0.1, 0.15) is 0 Å². The average molecular weight is 347 g/mol. The molecule has 1 heterocycles. The largest absolute Gasteiger partial charge is 0.368 e. The first kappa shape index (κ1) is 17.8. The summed E-state index contributed by atoms with van der Waals surface area (Å²) in [5, 5.41) is 0. The molecule has 0 unspecified atom stereocenters. The van der Waals surface area contributed by atoms with Crippen molar-refractivity contribution in [1.82, 2.24) is 4.90 Å². The third-order valence-electron chi connectivity index (χ3n) is 5.72. The monoisotopic (exact) mass is 346 g/mol. The van der Waals surface area contributed by atoms with E-state index in [1.54, 1.807) is 5.57 Å². The minimum Gasteiger partial charge on any atom is -0.368 e. The highest BCUT2D eigenvalue weighted by Gasteiger charge is 2.27. The summed E-state index contributed by atoms with van der Waals surface area (Å²) in [6.07, 6.45) is 12.1. The second-order valence-electron chi connectivity index (χ2n) is 7.58. The molecule has 1 aromatic rings. The smallest absolute Gasteiger partial charge is 0.0443 e. The van der Waals surface area contributed by atoms with Crippen molar-refractivity contribution in [3.63, 3.8) is 0 Å². The van der Waals surface area contributed by atoms with Crippen LogP contribution in [0.1, 0.15) is 50.5 Å². The molecule has 0 amide bonds. The molecule has 3 aliphatic rings. The molecular weight excluding hydrogens is 316 g/mol. The molecule has 2 fully saturated rings. The average Bonchev–Trinajstić information content (AvgIpc) is 3.42. The van der Waals surface area contributed by atoms with Crippen LogP contribution in [0.5, 0.6) is 0 Å². The summed E-state index contributed by atoms with van der Waals surface area (Å²) in [6, 6.07) is 9.13. The summed E-state index contributed by atoms with van der Waals surface area (Å²) in [5.41, 5.74) is 4.58. The van der Waals surface area contributed by atoms with E-state index in [0.717, 1.165) is 5.92 Å². The first-order chi connectivity index (χ1) is 11.4. The van der Waals surface area contributed by atoms with Gasteiger partial charge in [0, 0.05) is 44.0 Å². The number of nitrogens with zero attached hydrogens (tertiary/aromatic N) is 2. The summed E-state index contributed by atoms with van der Waals surface area (Å²) >= 11 is 0. The molecule has 2 aliphatic carbocycles. The van der Waals surface area contributed by atoms with Crippen LogP contribution in [0.2, 0.25) is 0 Å². The molecule has 0 atom stereocenters. The number of hydrogen-bond acceptors (Lipinski definition) is 2. The minimum absolute atomic E-state index is 0. The fourth-order valence-electron chi connectivity index (χ4n) is 4.12. The predicted molar refractivity (Wildman–Crippen MR) is 106 cm³/mol. The van der Waals surface area contributed by atoms with Gasteiger partial charge < -0.3 is 4.90 Å². The second kappa shape index (κ2) is 8.40. The van der Waals surface area contributed by atoms with Gasteiger partial charge >= 0.3 is 0 Å². The molecule has 0 radical (unpaired) electrons. The number of rotatable bonds is 4. The van der Waals surface area contributed by atoms with Gasteiger partial charge in [0.25, 0.3) is 0 Å². The Labute approximate surface area is 153 Å². The van der Waals surface area contributed by atoms with E-state index in [4.69, 9.17) is 0 Å². The van der Waals surface area contributed by atoms with Gasteiger partial charge in [0.2, 0.25) is 0 Å². The Morgan fingerprint density at radius 2 is 1.71 bits per heavy atom. The summed E-state index contributed by atoms with van der Waals surface area (Å²) in [7, 11) is 0. The fourth-order valence-corrected chi connectivity index (χ4v) is 4.12. The van der Waals surface area contributed by atoms with Gasteiger partial charge in [-0.05, 0) is 56.1 Å². The lowest BCUT2D eigenvalue weighted by Gasteiger charge is -2.37. The highest BCUT2D eigenvalue weighted by atomic mass is 35.5. The Balaban J connectivity index is 0.00000169. The minimum atomic E-state index is 0. The van der Waals surface area contributed by atoms with E-state index in [-0.39, 0.29) is 12.4 Å². The number of allylic oxidation sites excluding steroid dienone is 2. The van der Waals surface area contributed by atoms with E-state index in [9.17, 15) is 0 Å². The van der Waals surface area contributed by atoms with Crippen LogP contribution in [0.4, 0.5) is 5.69 Å². The highest BCUT2D eigenvalue weighted by molar-refractivity contribution is 5.85. The van der Waals surface area contributed by atoms with Crippen molar-refractivity contribution >= 4 is 23.7 Å². The Morgan fingerprint density at radius 3 is 2.50 bits per heavy atom. The van der Waals surface area contributed by atoms with Gasteiger partial charge in [-0.1, -0.05) is 30.7 Å². The van der Waals surface area contributed by atoms with Crippen LogP contribution in [-0.4, -0.2) is 37.6 Å². The van der Waals surface area contributed by atoms with Crippen LogP contribution in [-0.2, 0) is 0 Å². The maximum Gasteiger partial charge on any atom is 0.0443 e. The molecule has 1 saturated carbocycles. The topological polar surface area (TPSA) is 6.48 Å². The number of benzene rings is 1. The predicted octanol–water partition coefficient (Wildman–Crippen LogP) is 4.99. The van der Waals surface area contributed by atoms with E-state index >= 15 is 0 Å². The molecule has 0 bridgehead atoms. The lowest BCUT2D eigenvalue weighted by atomic mass is 9.98. The molecular formula is C21H31ClN2. The third-order valence-corrected chi connectivity index (χ3v) is 5.72. The van der Waals surface area contributed by atoms with Crippen LogP contribution in [0, 0.1) is 5.92 Å². The Kier molecular flexibility index (Phi) is 6.24. The molecule has 1 aliphatic heterocycles. The first-order valence-electron chi connectivity index (χ1n) is 9.66. The van der Waals surface area contributed by atoms with Gasteiger partial charge in [-0.3, -0.25) is 4.90 Å². The molecule has 1 aromatic carbocycles. The van der Waals surface area contributed by atoms with Crippen LogP contribution >= 0.6 is 12.4 Å². The van der Waals surface area contributed by atoms with E-state index in [2.05, 4.69) is 40.1 Å². The Bertz CT molecular complexity index is 557. The zero-order valence-corrected chi connectivity index (χ0v) is 15.6. The summed E-state index contributed by atoms with van der Waals surface area (Å²) in [4.78, 5) is 5.31. The van der Waals surface area contributed by atoms with Crippen LogP contribution in [0.15, 0.2) is 30.3 Å². The van der Waals surface area contributed by atoms with Gasteiger partial charge in [-0.2, -0.15) is 0 Å². The fraction of sp³-hybridized carbons (Fsp3) is 0.619. The number of para-hydroxylation sites is 1. The molecule has 132 valence electrons. The van der Waals surface area contributed by atoms with E-state index in [0.29, 0.717) is 0 Å². The summed E-state index contributed by atoms with van der Waals surface area (Å²) in [5.74, 6) is 1.02. The first-order valence-corrected chi connectivity index (χ1v) is 9.66. The maximum atomic E-state index is 2.68. The van der Waals surface area contributed by atoms with Crippen molar-refractivity contribution in [3.8, 4) is 0 Å². The van der Waals surface area contributed by atoms with Crippen LogP contribution in [0.3, 0.4) is 0 Å². The van der Waals surface area contributed by atoms with Crippen molar-refractivity contribution in [1.29, 1.82) is 0 Å². The Morgan fingerprint density at radius 1 is 0.917 bits per heavy atom. The van der Waals surface area contributed by atoms with Crippen molar-refractivity contribution < 1.29 is 0 Å². The standard InChI is InChI=1S/C21H30N2.ClH/c1-2-4-8-19(7-3-1)20-9-5-6-10-21(20)23-15-13-22(14-16-23)17-18-11-12-18;/h5-7,9-10,18H,1-4,8,11-17H2;1H. The summed E-state index contributed by atoms with van der Waals surface area (Å²) < 4.78 is 0. The molecule has 24 heavy (non-hydrogen) atoms. The SMILES string of the molecule is C1=C(c2ccccc2N2CCN(CC3CC3)CC2)CCCCC1.Cl. The lowest BCUT2D eigenvalue weighted by Crippen LogP contribution is -2.47.